The number of carbonyl (C=O) groups is 2. The number of rotatable bonds is 3. The Labute approximate surface area is 119 Å². The molecule has 1 saturated heterocycles. The van der Waals surface area contributed by atoms with Crippen LogP contribution in [0.1, 0.15) is 43.5 Å². The zero-order chi connectivity index (χ0) is 14.5. The van der Waals surface area contributed by atoms with Gasteiger partial charge in [0.05, 0.1) is 0 Å². The van der Waals surface area contributed by atoms with Crippen LogP contribution in [-0.2, 0) is 4.79 Å². The molecule has 0 saturated carbocycles. The number of hydrogen-bond donors (Lipinski definition) is 0. The van der Waals surface area contributed by atoms with Crippen LogP contribution in [-0.4, -0.2) is 29.9 Å². The van der Waals surface area contributed by atoms with E-state index in [1.807, 2.05) is 4.90 Å². The van der Waals surface area contributed by atoms with Gasteiger partial charge in [-0.25, -0.2) is 0 Å². The molecule has 0 spiro atoms. The molecule has 1 aliphatic rings. The minimum atomic E-state index is -0.269. The summed E-state index contributed by atoms with van der Waals surface area (Å²) in [4.78, 5) is 25.4. The van der Waals surface area contributed by atoms with Gasteiger partial charge in [0.25, 0.3) is 5.91 Å². The summed E-state index contributed by atoms with van der Waals surface area (Å²) < 4.78 is 5.09. The van der Waals surface area contributed by atoms with Gasteiger partial charge in [0, 0.05) is 25.1 Å². The lowest BCUT2D eigenvalue weighted by molar-refractivity contribution is -0.134. The molecular weight excluding hydrogens is 254 g/mol. The van der Waals surface area contributed by atoms with Crippen molar-refractivity contribution in [1.82, 2.24) is 4.90 Å². The smallest absolute Gasteiger partial charge is 0.310 e. The number of benzene rings is 1. The van der Waals surface area contributed by atoms with Crippen LogP contribution in [0.25, 0.3) is 0 Å². The molecule has 4 heteroatoms. The first-order valence-corrected chi connectivity index (χ1v) is 7.20. The van der Waals surface area contributed by atoms with E-state index in [9.17, 15) is 9.59 Å². The second-order valence-electron chi connectivity index (χ2n) is 5.33. The predicted molar refractivity (Wildman–Crippen MR) is 76.7 cm³/mol. The Kier molecular flexibility index (Phi) is 4.77. The van der Waals surface area contributed by atoms with Crippen molar-refractivity contribution in [2.45, 2.75) is 33.1 Å². The van der Waals surface area contributed by atoms with E-state index >= 15 is 0 Å². The molecular formula is C16H21NO3. The van der Waals surface area contributed by atoms with Gasteiger partial charge in [0.2, 0.25) is 0 Å². The third-order valence-electron chi connectivity index (χ3n) is 3.69. The normalized spacial score (nSPS) is 16.0. The molecule has 0 unspecified atom stereocenters. The minimum absolute atomic E-state index is 0.0604. The zero-order valence-corrected chi connectivity index (χ0v) is 12.1. The van der Waals surface area contributed by atoms with Crippen molar-refractivity contribution in [1.29, 1.82) is 0 Å². The summed E-state index contributed by atoms with van der Waals surface area (Å²) in [6.07, 6.45) is 2.47. The Morgan fingerprint density at radius 1 is 1.20 bits per heavy atom. The fourth-order valence-corrected chi connectivity index (χ4v) is 2.26. The lowest BCUT2D eigenvalue weighted by atomic mass is 9.98. The number of ether oxygens (including phenoxy) is 1. The molecule has 0 N–H and O–H groups in total. The molecule has 0 radical (unpaired) electrons. The standard InChI is InChI=1S/C16H21NO3/c1-3-15(18)20-14-6-4-13(5-7-14)16(19)17-10-8-12(2)9-11-17/h4-7,12H,3,8-11H2,1-2H3. The van der Waals surface area contributed by atoms with Crippen LogP contribution in [0.15, 0.2) is 24.3 Å². The maximum Gasteiger partial charge on any atom is 0.310 e. The highest BCUT2D eigenvalue weighted by atomic mass is 16.5. The fourth-order valence-electron chi connectivity index (χ4n) is 2.26. The van der Waals surface area contributed by atoms with Crippen molar-refractivity contribution in [3.8, 4) is 5.75 Å². The second-order valence-corrected chi connectivity index (χ2v) is 5.33. The van der Waals surface area contributed by atoms with Crippen molar-refractivity contribution in [2.24, 2.45) is 5.92 Å². The van der Waals surface area contributed by atoms with Crippen LogP contribution >= 0.6 is 0 Å². The van der Waals surface area contributed by atoms with Gasteiger partial charge < -0.3 is 9.64 Å². The Bertz CT molecular complexity index is 473. The van der Waals surface area contributed by atoms with E-state index in [0.717, 1.165) is 25.9 Å². The third-order valence-corrected chi connectivity index (χ3v) is 3.69. The molecule has 1 aromatic rings. The van der Waals surface area contributed by atoms with E-state index in [-0.39, 0.29) is 11.9 Å². The molecule has 1 fully saturated rings. The number of carbonyl (C=O) groups excluding carboxylic acids is 2. The van der Waals surface area contributed by atoms with Crippen LogP contribution < -0.4 is 4.74 Å². The summed E-state index contributed by atoms with van der Waals surface area (Å²) in [6, 6.07) is 6.79. The summed E-state index contributed by atoms with van der Waals surface area (Å²) in [7, 11) is 0. The van der Waals surface area contributed by atoms with Gasteiger partial charge in [-0.1, -0.05) is 13.8 Å². The van der Waals surface area contributed by atoms with Crippen molar-refractivity contribution in [2.75, 3.05) is 13.1 Å². The molecule has 4 nitrogen and oxygen atoms in total. The van der Waals surface area contributed by atoms with Gasteiger partial charge >= 0.3 is 5.97 Å². The first-order valence-electron chi connectivity index (χ1n) is 7.20. The quantitative estimate of drug-likeness (QED) is 0.629. The highest BCUT2D eigenvalue weighted by Gasteiger charge is 2.21. The molecule has 0 aromatic heterocycles. The minimum Gasteiger partial charge on any atom is -0.427 e. The summed E-state index contributed by atoms with van der Waals surface area (Å²) in [5.74, 6) is 0.981. The predicted octanol–water partition coefficient (Wildman–Crippen LogP) is 2.87. The maximum atomic E-state index is 12.3. The summed E-state index contributed by atoms with van der Waals surface area (Å²) in [6.45, 7) is 5.62. The van der Waals surface area contributed by atoms with Gasteiger partial charge in [-0.05, 0) is 43.0 Å². The highest BCUT2D eigenvalue weighted by Crippen LogP contribution is 2.19. The number of amides is 1. The van der Waals surface area contributed by atoms with E-state index in [4.69, 9.17) is 4.74 Å². The lowest BCUT2D eigenvalue weighted by Gasteiger charge is -2.30. The molecule has 2 rings (SSSR count). The number of nitrogens with zero attached hydrogens (tertiary/aromatic N) is 1. The fraction of sp³-hybridized carbons (Fsp3) is 0.500. The van der Waals surface area contributed by atoms with Crippen molar-refractivity contribution < 1.29 is 14.3 Å². The first-order chi connectivity index (χ1) is 9.60. The average Bonchev–Trinajstić information content (AvgIpc) is 2.48. The Hall–Kier alpha value is -1.84. The van der Waals surface area contributed by atoms with Crippen LogP contribution in [0, 0.1) is 5.92 Å². The summed E-state index contributed by atoms with van der Waals surface area (Å²) in [5, 5.41) is 0. The van der Waals surface area contributed by atoms with E-state index in [1.165, 1.54) is 0 Å². The molecule has 0 bridgehead atoms. The Balaban J connectivity index is 1.98. The SMILES string of the molecule is CCC(=O)Oc1ccc(C(=O)N2CCC(C)CC2)cc1. The van der Waals surface area contributed by atoms with Gasteiger partial charge in [-0.15, -0.1) is 0 Å². The molecule has 1 amide bonds. The van der Waals surface area contributed by atoms with Crippen LogP contribution in [0.3, 0.4) is 0 Å². The summed E-state index contributed by atoms with van der Waals surface area (Å²) >= 11 is 0. The molecule has 0 atom stereocenters. The third kappa shape index (κ3) is 3.59. The number of likely N-dealkylation sites (tertiary alicyclic amines) is 1. The molecule has 1 heterocycles. The zero-order valence-electron chi connectivity index (χ0n) is 12.1. The maximum absolute atomic E-state index is 12.3. The average molecular weight is 275 g/mol. The van der Waals surface area contributed by atoms with Crippen LogP contribution in [0.2, 0.25) is 0 Å². The van der Waals surface area contributed by atoms with Crippen molar-refractivity contribution >= 4 is 11.9 Å². The van der Waals surface area contributed by atoms with Gasteiger partial charge in [-0.2, -0.15) is 0 Å². The molecule has 20 heavy (non-hydrogen) atoms. The highest BCUT2D eigenvalue weighted by molar-refractivity contribution is 5.94. The molecule has 0 aliphatic carbocycles. The number of hydrogen-bond acceptors (Lipinski definition) is 3. The summed E-state index contributed by atoms with van der Waals surface area (Å²) in [5.41, 5.74) is 0.649. The van der Waals surface area contributed by atoms with Crippen molar-refractivity contribution in [3.63, 3.8) is 0 Å². The topological polar surface area (TPSA) is 46.6 Å². The van der Waals surface area contributed by atoms with E-state index < -0.39 is 0 Å². The van der Waals surface area contributed by atoms with Crippen LogP contribution in [0.5, 0.6) is 5.75 Å². The number of esters is 1. The second kappa shape index (κ2) is 6.55. The Morgan fingerprint density at radius 2 is 1.80 bits per heavy atom. The van der Waals surface area contributed by atoms with E-state index in [1.54, 1.807) is 31.2 Å². The largest absolute Gasteiger partial charge is 0.427 e. The van der Waals surface area contributed by atoms with Gasteiger partial charge in [0.1, 0.15) is 5.75 Å². The molecule has 108 valence electrons. The Morgan fingerprint density at radius 3 is 2.35 bits per heavy atom. The van der Waals surface area contributed by atoms with E-state index in [2.05, 4.69) is 6.92 Å². The molecule has 1 aromatic carbocycles. The van der Waals surface area contributed by atoms with Crippen LogP contribution in [0.4, 0.5) is 0 Å². The van der Waals surface area contributed by atoms with Gasteiger partial charge in [-0.3, -0.25) is 9.59 Å². The van der Waals surface area contributed by atoms with E-state index in [0.29, 0.717) is 23.7 Å². The number of piperidine rings is 1. The van der Waals surface area contributed by atoms with Crippen molar-refractivity contribution in [3.05, 3.63) is 29.8 Å². The lowest BCUT2D eigenvalue weighted by Crippen LogP contribution is -2.37. The molecule has 1 aliphatic heterocycles. The van der Waals surface area contributed by atoms with Gasteiger partial charge in [0.15, 0.2) is 0 Å². The monoisotopic (exact) mass is 275 g/mol. The first kappa shape index (κ1) is 14.6.